The molecule has 21 heavy (non-hydrogen) atoms. The Labute approximate surface area is 129 Å². The molecule has 2 heterocycles. The first-order valence-electron chi connectivity index (χ1n) is 7.49. The summed E-state index contributed by atoms with van der Waals surface area (Å²) < 4.78 is 7.58. The van der Waals surface area contributed by atoms with Gasteiger partial charge in [-0.1, -0.05) is 18.7 Å². The molecule has 0 spiro atoms. The van der Waals surface area contributed by atoms with Gasteiger partial charge in [-0.05, 0) is 32.1 Å². The first-order valence-corrected chi connectivity index (χ1v) is 8.48. The molecule has 2 rings (SSSR count). The topological polar surface area (TPSA) is 77.2 Å². The lowest BCUT2D eigenvalue weighted by Crippen LogP contribution is -2.25. The van der Waals surface area contributed by atoms with Gasteiger partial charge in [0.1, 0.15) is 5.82 Å². The van der Waals surface area contributed by atoms with Crippen molar-refractivity contribution in [1.82, 2.24) is 14.8 Å². The molecule has 0 amide bonds. The van der Waals surface area contributed by atoms with Crippen LogP contribution in [0.4, 0.5) is 0 Å². The Hall–Kier alpha value is -1.08. The highest BCUT2D eigenvalue weighted by Crippen LogP contribution is 2.32. The smallest absolute Gasteiger partial charge is 0.313 e. The Morgan fingerprint density at radius 3 is 2.81 bits per heavy atom. The van der Waals surface area contributed by atoms with Gasteiger partial charge in [0, 0.05) is 25.7 Å². The van der Waals surface area contributed by atoms with Gasteiger partial charge < -0.3 is 14.4 Å². The normalized spacial score (nSPS) is 17.8. The van der Waals surface area contributed by atoms with Crippen LogP contribution in [0, 0.1) is 5.92 Å². The second-order valence-electron chi connectivity index (χ2n) is 5.39. The fourth-order valence-electron chi connectivity index (χ4n) is 2.74. The molecule has 1 aliphatic rings. The molecule has 0 aromatic carbocycles. The van der Waals surface area contributed by atoms with Gasteiger partial charge in [0.15, 0.2) is 5.16 Å². The Balaban J connectivity index is 2.19. The largest absolute Gasteiger partial charge is 0.481 e. The quantitative estimate of drug-likeness (QED) is 0.779. The summed E-state index contributed by atoms with van der Waals surface area (Å²) >= 11 is 1.25. The summed E-state index contributed by atoms with van der Waals surface area (Å²) in [5.41, 5.74) is 0. The molecule has 1 atom stereocenters. The summed E-state index contributed by atoms with van der Waals surface area (Å²) in [4.78, 5) is 10.8. The van der Waals surface area contributed by atoms with Crippen molar-refractivity contribution in [3.05, 3.63) is 5.82 Å². The number of hydrogen-bond acceptors (Lipinski definition) is 5. The third-order valence-electron chi connectivity index (χ3n) is 3.89. The average Bonchev–Trinajstić information content (AvgIpc) is 2.88. The third-order valence-corrected chi connectivity index (χ3v) is 4.82. The van der Waals surface area contributed by atoms with Crippen LogP contribution >= 0.6 is 11.8 Å². The van der Waals surface area contributed by atoms with Crippen molar-refractivity contribution in [3.63, 3.8) is 0 Å². The van der Waals surface area contributed by atoms with Crippen LogP contribution in [0.1, 0.15) is 45.0 Å². The van der Waals surface area contributed by atoms with E-state index in [0.717, 1.165) is 49.9 Å². The van der Waals surface area contributed by atoms with E-state index in [1.807, 2.05) is 0 Å². The molecule has 1 unspecified atom stereocenters. The second kappa shape index (κ2) is 7.79. The number of aliphatic carboxylic acids is 1. The van der Waals surface area contributed by atoms with Crippen molar-refractivity contribution >= 4 is 17.7 Å². The summed E-state index contributed by atoms with van der Waals surface area (Å²) in [5, 5.41) is 18.1. The molecule has 1 aliphatic heterocycles. The molecule has 1 saturated heterocycles. The monoisotopic (exact) mass is 313 g/mol. The zero-order chi connectivity index (χ0) is 15.2. The Kier molecular flexibility index (Phi) is 6.05. The van der Waals surface area contributed by atoms with Gasteiger partial charge in [-0.25, -0.2) is 0 Å². The van der Waals surface area contributed by atoms with E-state index in [2.05, 4.69) is 28.6 Å². The molecule has 6 nitrogen and oxygen atoms in total. The number of carboxylic acid groups (broad SMARTS) is 1. The maximum atomic E-state index is 10.8. The molecule has 0 aliphatic carbocycles. The van der Waals surface area contributed by atoms with Gasteiger partial charge in [0.05, 0.1) is 5.75 Å². The number of hydrogen-bond donors (Lipinski definition) is 1. The average molecular weight is 313 g/mol. The van der Waals surface area contributed by atoms with Gasteiger partial charge in [-0.15, -0.1) is 10.2 Å². The van der Waals surface area contributed by atoms with E-state index in [1.54, 1.807) is 0 Å². The Morgan fingerprint density at radius 2 is 2.19 bits per heavy atom. The predicted octanol–water partition coefficient (Wildman–Crippen LogP) is 2.39. The van der Waals surface area contributed by atoms with E-state index < -0.39 is 5.97 Å². The number of carbonyl (C=O) groups is 1. The second-order valence-corrected chi connectivity index (χ2v) is 6.33. The van der Waals surface area contributed by atoms with Crippen LogP contribution in [0.15, 0.2) is 5.16 Å². The highest BCUT2D eigenvalue weighted by Gasteiger charge is 2.26. The maximum absolute atomic E-state index is 10.8. The molecule has 1 aromatic heterocycles. The molecular weight excluding hydrogens is 290 g/mol. The lowest BCUT2D eigenvalue weighted by molar-refractivity contribution is -0.133. The van der Waals surface area contributed by atoms with Crippen molar-refractivity contribution in [2.24, 2.45) is 5.92 Å². The summed E-state index contributed by atoms with van der Waals surface area (Å²) in [6, 6.07) is 0.279. The number of nitrogens with zero attached hydrogens (tertiary/aromatic N) is 3. The lowest BCUT2D eigenvalue weighted by Gasteiger charge is -2.30. The molecular formula is C14H23N3O3S. The highest BCUT2D eigenvalue weighted by atomic mass is 32.2. The highest BCUT2D eigenvalue weighted by molar-refractivity contribution is 7.99. The summed E-state index contributed by atoms with van der Waals surface area (Å²) in [6.07, 6.45) is 3.94. The molecule has 7 heteroatoms. The van der Waals surface area contributed by atoms with Crippen LogP contribution in [-0.2, 0) is 16.0 Å². The Morgan fingerprint density at radius 1 is 1.48 bits per heavy atom. The summed E-state index contributed by atoms with van der Waals surface area (Å²) in [5.74, 6) is 0.689. The fourth-order valence-corrected chi connectivity index (χ4v) is 3.51. The number of ether oxygens (including phenoxy) is 1. The van der Waals surface area contributed by atoms with Crippen molar-refractivity contribution in [2.75, 3.05) is 19.0 Å². The van der Waals surface area contributed by atoms with Gasteiger partial charge in [0.25, 0.3) is 0 Å². The molecule has 1 N–H and O–H groups in total. The lowest BCUT2D eigenvalue weighted by atomic mass is 9.92. The van der Waals surface area contributed by atoms with Gasteiger partial charge >= 0.3 is 5.97 Å². The molecule has 0 radical (unpaired) electrons. The van der Waals surface area contributed by atoms with Crippen LogP contribution in [0.2, 0.25) is 0 Å². The fraction of sp³-hybridized carbons (Fsp3) is 0.786. The maximum Gasteiger partial charge on any atom is 0.313 e. The third kappa shape index (κ3) is 4.20. The van der Waals surface area contributed by atoms with E-state index in [-0.39, 0.29) is 11.8 Å². The van der Waals surface area contributed by atoms with Crippen molar-refractivity contribution in [1.29, 1.82) is 0 Å². The predicted molar refractivity (Wildman–Crippen MR) is 80.6 cm³/mol. The number of carboxylic acids is 1. The van der Waals surface area contributed by atoms with Crippen LogP contribution in [0.25, 0.3) is 0 Å². The minimum atomic E-state index is -0.828. The minimum absolute atomic E-state index is 0.0186. The van der Waals surface area contributed by atoms with Crippen molar-refractivity contribution in [2.45, 2.75) is 50.7 Å². The van der Waals surface area contributed by atoms with Crippen molar-refractivity contribution in [3.8, 4) is 0 Å². The minimum Gasteiger partial charge on any atom is -0.481 e. The number of thioether (sulfide) groups is 1. The van der Waals surface area contributed by atoms with Crippen molar-refractivity contribution < 1.29 is 14.6 Å². The van der Waals surface area contributed by atoms with Gasteiger partial charge in [-0.3, -0.25) is 4.79 Å². The van der Waals surface area contributed by atoms with E-state index in [0.29, 0.717) is 5.92 Å². The first kappa shape index (κ1) is 16.3. The Bertz CT molecular complexity index is 472. The van der Waals surface area contributed by atoms with E-state index >= 15 is 0 Å². The standard InChI is InChI=1S/C14H23N3O3S/c1-3-4-12-15-16-14(21-9-13(18)19)17(12)10(2)11-5-7-20-8-6-11/h10-11H,3-9H2,1-2H3,(H,18,19). The number of aromatic nitrogens is 3. The van der Waals surface area contributed by atoms with Crippen LogP contribution in [0.5, 0.6) is 0 Å². The van der Waals surface area contributed by atoms with E-state index in [4.69, 9.17) is 9.84 Å². The zero-order valence-electron chi connectivity index (χ0n) is 12.6. The van der Waals surface area contributed by atoms with E-state index in [1.165, 1.54) is 11.8 Å². The van der Waals surface area contributed by atoms with Crippen LogP contribution in [-0.4, -0.2) is 44.8 Å². The van der Waals surface area contributed by atoms with Gasteiger partial charge in [-0.2, -0.15) is 0 Å². The molecule has 0 saturated carbocycles. The number of rotatable bonds is 7. The summed E-state index contributed by atoms with van der Waals surface area (Å²) in [6.45, 7) is 5.90. The molecule has 1 aromatic rings. The van der Waals surface area contributed by atoms with Crippen LogP contribution < -0.4 is 0 Å². The molecule has 1 fully saturated rings. The molecule has 118 valence electrons. The first-order chi connectivity index (χ1) is 10.1. The number of aryl methyl sites for hydroxylation is 1. The van der Waals surface area contributed by atoms with Crippen LogP contribution in [0.3, 0.4) is 0 Å². The van der Waals surface area contributed by atoms with E-state index in [9.17, 15) is 4.79 Å². The van der Waals surface area contributed by atoms with Gasteiger partial charge in [0.2, 0.25) is 0 Å². The molecule has 0 bridgehead atoms. The SMILES string of the molecule is CCCc1nnc(SCC(=O)O)n1C(C)C1CCOCC1. The summed E-state index contributed by atoms with van der Waals surface area (Å²) in [7, 11) is 0. The zero-order valence-corrected chi connectivity index (χ0v) is 13.4.